The summed E-state index contributed by atoms with van der Waals surface area (Å²) in [6, 6.07) is 12.2. The van der Waals surface area contributed by atoms with Crippen LogP contribution in [0, 0.1) is 0 Å². The van der Waals surface area contributed by atoms with E-state index < -0.39 is 0 Å². The van der Waals surface area contributed by atoms with Gasteiger partial charge in [-0.15, -0.1) is 11.3 Å². The van der Waals surface area contributed by atoms with Crippen LogP contribution < -0.4 is 0 Å². The zero-order valence-electron chi connectivity index (χ0n) is 9.58. The zero-order valence-corrected chi connectivity index (χ0v) is 10.4. The zero-order chi connectivity index (χ0) is 12.4. The molecule has 0 spiro atoms. The maximum absolute atomic E-state index is 9.69. The molecule has 2 aromatic heterocycles. The molecule has 3 heteroatoms. The number of pyridine rings is 1. The van der Waals surface area contributed by atoms with Gasteiger partial charge in [-0.2, -0.15) is 0 Å². The first kappa shape index (κ1) is 11.0. The van der Waals surface area contributed by atoms with Gasteiger partial charge in [0.2, 0.25) is 0 Å². The molecule has 1 N–H and O–H groups in total. The summed E-state index contributed by atoms with van der Waals surface area (Å²) in [5.74, 6) is 0.247. The first-order chi connectivity index (χ1) is 8.83. The Hall–Kier alpha value is -2.13. The van der Waals surface area contributed by atoms with E-state index in [0.29, 0.717) is 0 Å². The van der Waals surface area contributed by atoms with Crippen LogP contribution in [-0.4, -0.2) is 10.1 Å². The third-order valence-electron chi connectivity index (χ3n) is 2.66. The lowest BCUT2D eigenvalue weighted by atomic mass is 10.2. The first-order valence-corrected chi connectivity index (χ1v) is 6.44. The first-order valence-electron chi connectivity index (χ1n) is 5.62. The normalized spacial score (nSPS) is 11.3. The predicted octanol–water partition coefficient (Wildman–Crippen LogP) is 4.17. The fraction of sp³-hybridized carbons (Fsp3) is 0. The lowest BCUT2D eigenvalue weighted by molar-refractivity contribution is 0.480. The fourth-order valence-corrected chi connectivity index (χ4v) is 2.74. The van der Waals surface area contributed by atoms with Crippen LogP contribution in [0.1, 0.15) is 10.4 Å². The van der Waals surface area contributed by atoms with Gasteiger partial charge in [0.05, 0.1) is 10.9 Å². The van der Waals surface area contributed by atoms with Crippen LogP contribution in [0.25, 0.3) is 22.2 Å². The number of aromatic nitrogens is 1. The summed E-state index contributed by atoms with van der Waals surface area (Å²) in [7, 11) is 0. The highest BCUT2D eigenvalue weighted by molar-refractivity contribution is 7.20. The van der Waals surface area contributed by atoms with E-state index >= 15 is 0 Å². The molecule has 0 fully saturated rings. The van der Waals surface area contributed by atoms with Crippen molar-refractivity contribution in [3.63, 3.8) is 0 Å². The summed E-state index contributed by atoms with van der Waals surface area (Å²) < 4.78 is 0.887. The Balaban J connectivity index is 1.96. The van der Waals surface area contributed by atoms with Gasteiger partial charge in [-0.1, -0.05) is 36.4 Å². The summed E-state index contributed by atoms with van der Waals surface area (Å²) in [4.78, 5) is 5.09. The van der Waals surface area contributed by atoms with Crippen molar-refractivity contribution < 1.29 is 5.11 Å². The van der Waals surface area contributed by atoms with Crippen LogP contribution in [0.4, 0.5) is 0 Å². The van der Waals surface area contributed by atoms with E-state index in [1.807, 2.05) is 24.3 Å². The second-order valence-electron chi connectivity index (χ2n) is 3.97. The van der Waals surface area contributed by atoms with Crippen LogP contribution >= 0.6 is 11.3 Å². The molecular formula is C15H11NOS. The molecule has 0 saturated carbocycles. The predicted molar refractivity (Wildman–Crippen MR) is 76.7 cm³/mol. The summed E-state index contributed by atoms with van der Waals surface area (Å²) >= 11 is 1.57. The number of benzene rings is 1. The SMILES string of the molecule is Oc1cncc2cc(C=Cc3ccccc3)sc12. The van der Waals surface area contributed by atoms with Gasteiger partial charge in [-0.3, -0.25) is 4.98 Å². The average Bonchev–Trinajstić information content (AvgIpc) is 2.82. The van der Waals surface area contributed by atoms with Crippen molar-refractivity contribution in [2.45, 2.75) is 0 Å². The van der Waals surface area contributed by atoms with Crippen molar-refractivity contribution in [3.8, 4) is 5.75 Å². The number of nitrogens with zero attached hydrogens (tertiary/aromatic N) is 1. The molecule has 0 saturated heterocycles. The monoisotopic (exact) mass is 253 g/mol. The molecule has 0 unspecified atom stereocenters. The number of thiophene rings is 1. The van der Waals surface area contributed by atoms with E-state index in [-0.39, 0.29) is 5.75 Å². The number of hydrogen-bond donors (Lipinski definition) is 1. The topological polar surface area (TPSA) is 33.1 Å². The molecule has 2 nitrogen and oxygen atoms in total. The van der Waals surface area contributed by atoms with E-state index in [2.05, 4.69) is 29.3 Å². The highest BCUT2D eigenvalue weighted by Gasteiger charge is 2.03. The molecule has 0 amide bonds. The lowest BCUT2D eigenvalue weighted by Crippen LogP contribution is -1.69. The van der Waals surface area contributed by atoms with Crippen LogP contribution in [0.3, 0.4) is 0 Å². The van der Waals surface area contributed by atoms with Gasteiger partial charge in [0.25, 0.3) is 0 Å². The Morgan fingerprint density at radius 3 is 2.67 bits per heavy atom. The van der Waals surface area contributed by atoms with Crippen molar-refractivity contribution in [2.24, 2.45) is 0 Å². The molecule has 0 aliphatic rings. The molecular weight excluding hydrogens is 242 g/mol. The van der Waals surface area contributed by atoms with Crippen LogP contribution in [0.15, 0.2) is 48.8 Å². The highest BCUT2D eigenvalue weighted by Crippen LogP contribution is 2.32. The molecule has 0 aliphatic heterocycles. The fourth-order valence-electron chi connectivity index (χ4n) is 1.79. The molecule has 0 atom stereocenters. The largest absolute Gasteiger partial charge is 0.505 e. The summed E-state index contributed by atoms with van der Waals surface area (Å²) in [5, 5.41) is 10.7. The Bertz CT molecular complexity index is 701. The third kappa shape index (κ3) is 2.13. The number of aromatic hydroxyl groups is 1. The van der Waals surface area contributed by atoms with Crippen LogP contribution in [0.2, 0.25) is 0 Å². The molecule has 3 aromatic rings. The quantitative estimate of drug-likeness (QED) is 0.743. The van der Waals surface area contributed by atoms with Gasteiger partial charge >= 0.3 is 0 Å². The smallest absolute Gasteiger partial charge is 0.151 e. The molecule has 3 rings (SSSR count). The van der Waals surface area contributed by atoms with E-state index in [4.69, 9.17) is 0 Å². The van der Waals surface area contributed by atoms with Gasteiger partial charge in [-0.25, -0.2) is 0 Å². The van der Waals surface area contributed by atoms with Crippen molar-refractivity contribution in [3.05, 3.63) is 59.2 Å². The number of hydrogen-bond acceptors (Lipinski definition) is 3. The van der Waals surface area contributed by atoms with E-state index in [1.165, 1.54) is 6.20 Å². The van der Waals surface area contributed by atoms with E-state index in [1.54, 1.807) is 17.5 Å². The van der Waals surface area contributed by atoms with Crippen LogP contribution in [0.5, 0.6) is 5.75 Å². The van der Waals surface area contributed by atoms with Crippen molar-refractivity contribution in [2.75, 3.05) is 0 Å². The molecule has 0 aliphatic carbocycles. The minimum absolute atomic E-state index is 0.247. The maximum Gasteiger partial charge on any atom is 0.151 e. The highest BCUT2D eigenvalue weighted by atomic mass is 32.1. The Morgan fingerprint density at radius 2 is 1.89 bits per heavy atom. The minimum Gasteiger partial charge on any atom is -0.505 e. The van der Waals surface area contributed by atoms with Gasteiger partial charge in [-0.05, 0) is 17.7 Å². The summed E-state index contributed by atoms with van der Waals surface area (Å²) in [5.41, 5.74) is 1.16. The van der Waals surface area contributed by atoms with Gasteiger partial charge < -0.3 is 5.11 Å². The summed E-state index contributed by atoms with van der Waals surface area (Å²) in [6.45, 7) is 0. The summed E-state index contributed by atoms with van der Waals surface area (Å²) in [6.07, 6.45) is 7.36. The Labute approximate surface area is 109 Å². The van der Waals surface area contributed by atoms with E-state index in [9.17, 15) is 5.11 Å². The third-order valence-corrected chi connectivity index (χ3v) is 3.80. The molecule has 1 aromatic carbocycles. The molecule has 18 heavy (non-hydrogen) atoms. The molecule has 2 heterocycles. The molecule has 88 valence electrons. The molecule has 0 radical (unpaired) electrons. The Kier molecular flexibility index (Phi) is 2.82. The number of rotatable bonds is 2. The number of fused-ring (bicyclic) bond motifs is 1. The van der Waals surface area contributed by atoms with Crippen LogP contribution in [-0.2, 0) is 0 Å². The average molecular weight is 253 g/mol. The lowest BCUT2D eigenvalue weighted by Gasteiger charge is -1.90. The molecule has 0 bridgehead atoms. The van der Waals surface area contributed by atoms with Gasteiger partial charge in [0, 0.05) is 16.5 Å². The second kappa shape index (κ2) is 4.63. The van der Waals surface area contributed by atoms with Crippen molar-refractivity contribution >= 4 is 33.6 Å². The second-order valence-corrected chi connectivity index (χ2v) is 5.05. The van der Waals surface area contributed by atoms with Gasteiger partial charge in [0.1, 0.15) is 0 Å². The minimum atomic E-state index is 0.247. The van der Waals surface area contributed by atoms with Crippen molar-refractivity contribution in [1.82, 2.24) is 4.98 Å². The Morgan fingerprint density at radius 1 is 1.06 bits per heavy atom. The van der Waals surface area contributed by atoms with E-state index in [0.717, 1.165) is 20.5 Å². The van der Waals surface area contributed by atoms with Crippen molar-refractivity contribution in [1.29, 1.82) is 0 Å². The maximum atomic E-state index is 9.69. The standard InChI is InChI=1S/C15H11NOS/c17-14-10-16-9-12-8-13(18-15(12)14)7-6-11-4-2-1-3-5-11/h1-10,17H. The van der Waals surface area contributed by atoms with Gasteiger partial charge in [0.15, 0.2) is 5.75 Å².